The first-order valence-electron chi connectivity index (χ1n) is 6.69. The molecule has 2 heterocycles. The highest BCUT2D eigenvalue weighted by Crippen LogP contribution is 2.13. The van der Waals surface area contributed by atoms with E-state index in [0.29, 0.717) is 23.4 Å². The molecule has 2 aromatic heterocycles. The minimum Gasteiger partial charge on any atom is -0.462 e. The summed E-state index contributed by atoms with van der Waals surface area (Å²) >= 11 is 0. The Morgan fingerprint density at radius 3 is 2.57 bits per heavy atom. The van der Waals surface area contributed by atoms with Crippen molar-refractivity contribution < 1.29 is 14.3 Å². The van der Waals surface area contributed by atoms with Gasteiger partial charge in [-0.25, -0.2) is 4.79 Å². The lowest BCUT2D eigenvalue weighted by molar-refractivity contribution is 0.0524. The van der Waals surface area contributed by atoms with Gasteiger partial charge in [0.05, 0.1) is 12.3 Å². The molecule has 0 saturated heterocycles. The van der Waals surface area contributed by atoms with Crippen LogP contribution in [0.15, 0.2) is 29.2 Å². The molecule has 0 aliphatic rings. The van der Waals surface area contributed by atoms with Crippen LogP contribution < -0.4 is 5.56 Å². The summed E-state index contributed by atoms with van der Waals surface area (Å²) < 4.78 is 4.83. The summed E-state index contributed by atoms with van der Waals surface area (Å²) in [7, 11) is 0. The molecule has 6 nitrogen and oxygen atoms in total. The molecule has 21 heavy (non-hydrogen) atoms. The van der Waals surface area contributed by atoms with Crippen molar-refractivity contribution >= 4 is 11.8 Å². The van der Waals surface area contributed by atoms with E-state index in [9.17, 15) is 14.4 Å². The van der Waals surface area contributed by atoms with Crippen LogP contribution in [0.2, 0.25) is 0 Å². The average molecular weight is 288 g/mol. The number of nitrogens with one attached hydrogen (secondary N) is 2. The number of H-pyrrole nitrogens is 2. The number of rotatable bonds is 5. The fourth-order valence-electron chi connectivity index (χ4n) is 2.03. The molecule has 0 aliphatic carbocycles. The van der Waals surface area contributed by atoms with Gasteiger partial charge in [0, 0.05) is 17.5 Å². The maximum absolute atomic E-state index is 12.4. The zero-order valence-electron chi connectivity index (χ0n) is 11.9. The van der Waals surface area contributed by atoms with Crippen molar-refractivity contribution in [2.45, 2.75) is 20.3 Å². The van der Waals surface area contributed by atoms with Crippen molar-refractivity contribution in [1.29, 1.82) is 0 Å². The second-order valence-electron chi connectivity index (χ2n) is 4.39. The number of aryl methyl sites for hydroxylation is 1. The van der Waals surface area contributed by atoms with Gasteiger partial charge in [0.1, 0.15) is 5.56 Å². The molecule has 0 aromatic carbocycles. The number of hydrogen-bond donors (Lipinski definition) is 2. The summed E-state index contributed by atoms with van der Waals surface area (Å²) in [4.78, 5) is 41.5. The van der Waals surface area contributed by atoms with Crippen molar-refractivity contribution in [2.75, 3.05) is 6.61 Å². The molecule has 0 unspecified atom stereocenters. The first kappa shape index (κ1) is 14.8. The van der Waals surface area contributed by atoms with Gasteiger partial charge in [-0.2, -0.15) is 0 Å². The third-order valence-corrected chi connectivity index (χ3v) is 3.06. The fraction of sp³-hybridized carbons (Fsp3) is 0.267. The third-order valence-electron chi connectivity index (χ3n) is 3.06. The SMILES string of the molecule is CCOC(=O)c1cc(C(=O)c2ccc[nH]2)c(CC)[nH]c1=O. The van der Waals surface area contributed by atoms with Crippen molar-refractivity contribution in [3.05, 3.63) is 57.3 Å². The molecule has 0 aliphatic heterocycles. The number of pyridine rings is 1. The van der Waals surface area contributed by atoms with Gasteiger partial charge >= 0.3 is 5.97 Å². The number of carbonyl (C=O) groups is 2. The van der Waals surface area contributed by atoms with E-state index in [4.69, 9.17) is 4.74 Å². The van der Waals surface area contributed by atoms with E-state index in [0.717, 1.165) is 0 Å². The number of hydrogen-bond acceptors (Lipinski definition) is 4. The summed E-state index contributed by atoms with van der Waals surface area (Å²) in [5.74, 6) is -1.01. The van der Waals surface area contributed by atoms with Gasteiger partial charge in [-0.15, -0.1) is 0 Å². The van der Waals surface area contributed by atoms with E-state index in [1.165, 1.54) is 6.07 Å². The van der Waals surface area contributed by atoms with Crippen molar-refractivity contribution in [3.63, 3.8) is 0 Å². The van der Waals surface area contributed by atoms with Crippen molar-refractivity contribution in [2.24, 2.45) is 0 Å². The number of aromatic amines is 2. The highest BCUT2D eigenvalue weighted by molar-refractivity contribution is 6.09. The van der Waals surface area contributed by atoms with Crippen LogP contribution >= 0.6 is 0 Å². The van der Waals surface area contributed by atoms with Gasteiger partial charge in [0.2, 0.25) is 5.78 Å². The largest absolute Gasteiger partial charge is 0.462 e. The molecular formula is C15H16N2O4. The Balaban J connectivity index is 2.53. The van der Waals surface area contributed by atoms with E-state index in [2.05, 4.69) is 9.97 Å². The molecule has 2 rings (SSSR count). The van der Waals surface area contributed by atoms with Crippen LogP contribution in [0, 0.1) is 0 Å². The molecule has 0 spiro atoms. The van der Waals surface area contributed by atoms with Crippen LogP contribution in [0.3, 0.4) is 0 Å². The second-order valence-corrected chi connectivity index (χ2v) is 4.39. The first-order valence-corrected chi connectivity index (χ1v) is 6.69. The number of carbonyl (C=O) groups excluding carboxylic acids is 2. The smallest absolute Gasteiger partial charge is 0.343 e. The Morgan fingerprint density at radius 2 is 2.00 bits per heavy atom. The highest BCUT2D eigenvalue weighted by Gasteiger charge is 2.20. The average Bonchev–Trinajstić information content (AvgIpc) is 3.00. The molecule has 0 amide bonds. The number of ether oxygens (including phenoxy) is 1. The number of esters is 1. The lowest BCUT2D eigenvalue weighted by atomic mass is 10.0. The van der Waals surface area contributed by atoms with E-state index in [1.54, 1.807) is 25.3 Å². The van der Waals surface area contributed by atoms with Crippen molar-refractivity contribution in [3.8, 4) is 0 Å². The van der Waals surface area contributed by atoms with Gasteiger partial charge in [-0.05, 0) is 31.5 Å². The minimum atomic E-state index is -0.734. The summed E-state index contributed by atoms with van der Waals surface area (Å²) in [5, 5.41) is 0. The predicted molar refractivity (Wildman–Crippen MR) is 76.6 cm³/mol. The van der Waals surface area contributed by atoms with Gasteiger partial charge in [0.15, 0.2) is 0 Å². The monoisotopic (exact) mass is 288 g/mol. The number of aromatic nitrogens is 2. The molecular weight excluding hydrogens is 272 g/mol. The lowest BCUT2D eigenvalue weighted by Gasteiger charge is -2.08. The summed E-state index contributed by atoms with van der Waals surface area (Å²) in [6, 6.07) is 4.65. The van der Waals surface area contributed by atoms with Gasteiger partial charge in [0.25, 0.3) is 5.56 Å². The van der Waals surface area contributed by atoms with Crippen LogP contribution in [0.1, 0.15) is 46.0 Å². The minimum absolute atomic E-state index is 0.160. The van der Waals surface area contributed by atoms with Gasteiger partial charge in [-0.1, -0.05) is 6.92 Å². The molecule has 0 saturated carbocycles. The Hall–Kier alpha value is -2.63. The second kappa shape index (κ2) is 6.21. The summed E-state index contributed by atoms with van der Waals surface area (Å²) in [5.41, 5.74) is 0.471. The van der Waals surface area contributed by atoms with Crippen LogP contribution in [-0.2, 0) is 11.2 Å². The molecule has 6 heteroatoms. The van der Waals surface area contributed by atoms with Crippen LogP contribution in [0.25, 0.3) is 0 Å². The van der Waals surface area contributed by atoms with E-state index >= 15 is 0 Å². The van der Waals surface area contributed by atoms with E-state index in [1.807, 2.05) is 6.92 Å². The normalized spacial score (nSPS) is 10.4. The van der Waals surface area contributed by atoms with Gasteiger partial charge < -0.3 is 14.7 Å². The van der Waals surface area contributed by atoms with E-state index < -0.39 is 11.5 Å². The molecule has 0 bridgehead atoms. The Morgan fingerprint density at radius 1 is 1.24 bits per heavy atom. The fourth-order valence-corrected chi connectivity index (χ4v) is 2.03. The first-order chi connectivity index (χ1) is 10.1. The van der Waals surface area contributed by atoms with Gasteiger partial charge in [-0.3, -0.25) is 9.59 Å². The standard InChI is InChI=1S/C15H16N2O4/c1-3-11-9(13(18)12-6-5-7-16-12)8-10(14(19)17-11)15(20)21-4-2/h5-8,16H,3-4H2,1-2H3,(H,17,19). The quantitative estimate of drug-likeness (QED) is 0.646. The maximum Gasteiger partial charge on any atom is 0.343 e. The van der Waals surface area contributed by atoms with Crippen molar-refractivity contribution in [1.82, 2.24) is 9.97 Å². The Bertz CT molecular complexity index is 714. The molecule has 0 atom stereocenters. The Kier molecular flexibility index (Phi) is 4.37. The molecule has 0 fully saturated rings. The molecule has 0 radical (unpaired) electrons. The molecule has 2 aromatic rings. The molecule has 110 valence electrons. The topological polar surface area (TPSA) is 92.0 Å². The van der Waals surface area contributed by atoms with E-state index in [-0.39, 0.29) is 18.0 Å². The lowest BCUT2D eigenvalue weighted by Crippen LogP contribution is -2.23. The molecule has 2 N–H and O–H groups in total. The number of ketones is 1. The predicted octanol–water partition coefficient (Wildman–Crippen LogP) is 1.67. The van der Waals surface area contributed by atoms with Crippen LogP contribution in [0.4, 0.5) is 0 Å². The maximum atomic E-state index is 12.4. The third kappa shape index (κ3) is 2.94. The Labute approximate surface area is 121 Å². The highest BCUT2D eigenvalue weighted by atomic mass is 16.5. The van der Waals surface area contributed by atoms with Crippen LogP contribution in [-0.4, -0.2) is 28.3 Å². The summed E-state index contributed by atoms with van der Waals surface area (Å²) in [6.07, 6.45) is 2.11. The zero-order valence-corrected chi connectivity index (χ0v) is 11.9. The zero-order chi connectivity index (χ0) is 15.4. The van der Waals surface area contributed by atoms with Crippen LogP contribution in [0.5, 0.6) is 0 Å². The summed E-state index contributed by atoms with van der Waals surface area (Å²) in [6.45, 7) is 3.63.